The molecule has 24 heavy (non-hydrogen) atoms. The molecule has 0 amide bonds. The predicted octanol–water partition coefficient (Wildman–Crippen LogP) is 0.641. The van der Waals surface area contributed by atoms with E-state index in [2.05, 4.69) is 4.74 Å². The fourth-order valence-electron chi connectivity index (χ4n) is 1.35. The van der Waals surface area contributed by atoms with E-state index in [1.54, 1.807) is 0 Å². The molecule has 146 valence electrons. The summed E-state index contributed by atoms with van der Waals surface area (Å²) in [6.07, 6.45) is -4.30. The first-order valence-corrected chi connectivity index (χ1v) is 7.70. The minimum Gasteiger partial charge on any atom is -0.394 e. The van der Waals surface area contributed by atoms with Crippen LogP contribution in [0.3, 0.4) is 0 Å². The Morgan fingerprint density at radius 1 is 0.500 bits per heavy atom. The van der Waals surface area contributed by atoms with E-state index in [4.69, 9.17) is 28.8 Å². The minimum absolute atomic E-state index is 0.0000124. The van der Waals surface area contributed by atoms with Gasteiger partial charge in [-0.15, -0.1) is 0 Å². The number of alkyl halides is 3. The third-order valence-corrected chi connectivity index (χ3v) is 2.36. The molecule has 0 aromatic heterocycles. The molecule has 0 aromatic carbocycles. The summed E-state index contributed by atoms with van der Waals surface area (Å²) in [5.41, 5.74) is 0. The van der Waals surface area contributed by atoms with E-state index in [-0.39, 0.29) is 26.4 Å². The highest BCUT2D eigenvalue weighted by atomic mass is 19.4. The zero-order chi connectivity index (χ0) is 17.9. The number of aliphatic hydroxyl groups excluding tert-OH is 1. The van der Waals surface area contributed by atoms with Crippen molar-refractivity contribution in [2.24, 2.45) is 0 Å². The molecule has 0 saturated carbocycles. The molecule has 10 heteroatoms. The van der Waals surface area contributed by atoms with Crippen LogP contribution in [-0.4, -0.2) is 97.2 Å². The van der Waals surface area contributed by atoms with Crippen molar-refractivity contribution < 1.29 is 46.7 Å². The van der Waals surface area contributed by atoms with Crippen LogP contribution in [-0.2, 0) is 28.4 Å². The summed E-state index contributed by atoms with van der Waals surface area (Å²) in [5, 5.41) is 8.47. The number of hydrogen-bond acceptors (Lipinski definition) is 7. The van der Waals surface area contributed by atoms with Crippen molar-refractivity contribution in [2.45, 2.75) is 6.18 Å². The Morgan fingerprint density at radius 3 is 1.08 bits per heavy atom. The van der Waals surface area contributed by atoms with Crippen LogP contribution in [0.1, 0.15) is 0 Å². The third-order valence-electron chi connectivity index (χ3n) is 2.36. The molecule has 0 saturated heterocycles. The van der Waals surface area contributed by atoms with Crippen LogP contribution >= 0.6 is 0 Å². The van der Waals surface area contributed by atoms with E-state index in [0.717, 1.165) is 0 Å². The summed E-state index contributed by atoms with van der Waals surface area (Å²) in [6.45, 7) is 2.24. The molecule has 0 rings (SSSR count). The Balaban J connectivity index is 3.00. The third kappa shape index (κ3) is 21.5. The molecule has 0 aliphatic carbocycles. The maximum atomic E-state index is 11.7. The first-order chi connectivity index (χ1) is 11.6. The van der Waals surface area contributed by atoms with E-state index in [0.29, 0.717) is 52.9 Å². The normalized spacial score (nSPS) is 12.0. The SMILES string of the molecule is OCCOCCOCCOCCOCCOCCOCC(F)(F)F. The van der Waals surface area contributed by atoms with Crippen LogP contribution < -0.4 is 0 Å². The summed E-state index contributed by atoms with van der Waals surface area (Å²) in [5.74, 6) is 0. The number of ether oxygens (including phenoxy) is 6. The average molecular weight is 364 g/mol. The average Bonchev–Trinajstić information content (AvgIpc) is 2.52. The fraction of sp³-hybridized carbons (Fsp3) is 1.00. The highest BCUT2D eigenvalue weighted by Crippen LogP contribution is 2.13. The number of hydrogen-bond donors (Lipinski definition) is 1. The molecule has 0 spiro atoms. The van der Waals surface area contributed by atoms with Crippen LogP contribution in [0.15, 0.2) is 0 Å². The van der Waals surface area contributed by atoms with E-state index >= 15 is 0 Å². The van der Waals surface area contributed by atoms with Gasteiger partial charge in [0, 0.05) is 0 Å². The molecule has 0 bridgehead atoms. The molecule has 1 N–H and O–H groups in total. The predicted molar refractivity (Wildman–Crippen MR) is 78.1 cm³/mol. The molecule has 0 aliphatic rings. The van der Waals surface area contributed by atoms with Gasteiger partial charge < -0.3 is 33.5 Å². The van der Waals surface area contributed by atoms with Gasteiger partial charge in [0.15, 0.2) is 0 Å². The largest absolute Gasteiger partial charge is 0.411 e. The van der Waals surface area contributed by atoms with Crippen LogP contribution in [0.4, 0.5) is 13.2 Å². The molecule has 7 nitrogen and oxygen atoms in total. The second-order valence-electron chi connectivity index (χ2n) is 4.45. The van der Waals surface area contributed by atoms with E-state index in [1.807, 2.05) is 0 Å². The van der Waals surface area contributed by atoms with Gasteiger partial charge in [-0.25, -0.2) is 0 Å². The summed E-state index contributed by atoms with van der Waals surface area (Å²) in [4.78, 5) is 0. The minimum atomic E-state index is -4.30. The Labute approximate surface area is 139 Å². The van der Waals surface area contributed by atoms with E-state index < -0.39 is 12.8 Å². The molecular formula is C14H27F3O7. The fourth-order valence-corrected chi connectivity index (χ4v) is 1.35. The lowest BCUT2D eigenvalue weighted by Gasteiger charge is -2.09. The van der Waals surface area contributed by atoms with Crippen molar-refractivity contribution in [3.05, 3.63) is 0 Å². The van der Waals surface area contributed by atoms with Crippen LogP contribution in [0, 0.1) is 0 Å². The Morgan fingerprint density at radius 2 is 0.792 bits per heavy atom. The molecule has 0 atom stereocenters. The summed E-state index contributed by atoms with van der Waals surface area (Å²) in [6, 6.07) is 0. The maximum absolute atomic E-state index is 11.7. The zero-order valence-electron chi connectivity index (χ0n) is 13.7. The van der Waals surface area contributed by atoms with Gasteiger partial charge in [-0.2, -0.15) is 13.2 Å². The quantitative estimate of drug-likeness (QED) is 0.358. The maximum Gasteiger partial charge on any atom is 0.411 e. The Hall–Kier alpha value is -0.490. The monoisotopic (exact) mass is 364 g/mol. The molecule has 0 aromatic rings. The van der Waals surface area contributed by atoms with Crippen molar-refractivity contribution in [1.29, 1.82) is 0 Å². The molecule has 0 unspecified atom stereocenters. The van der Waals surface area contributed by atoms with Gasteiger partial charge in [0.25, 0.3) is 0 Å². The van der Waals surface area contributed by atoms with Crippen LogP contribution in [0.2, 0.25) is 0 Å². The standard InChI is InChI=1S/C14H27F3O7/c15-14(16,17)13-24-12-11-23-10-9-22-8-7-21-6-5-20-4-3-19-2-1-18/h18H,1-13H2. The lowest BCUT2D eigenvalue weighted by molar-refractivity contribution is -0.176. The van der Waals surface area contributed by atoms with Gasteiger partial charge in [0.1, 0.15) is 6.61 Å². The van der Waals surface area contributed by atoms with E-state index in [9.17, 15) is 13.2 Å². The lowest BCUT2D eigenvalue weighted by atomic mass is 10.6. The summed E-state index contributed by atoms with van der Waals surface area (Å²) < 4.78 is 65.3. The smallest absolute Gasteiger partial charge is 0.394 e. The highest BCUT2D eigenvalue weighted by Gasteiger charge is 2.27. The van der Waals surface area contributed by atoms with Gasteiger partial charge in [0.05, 0.1) is 79.3 Å². The van der Waals surface area contributed by atoms with Crippen molar-refractivity contribution >= 4 is 0 Å². The van der Waals surface area contributed by atoms with Gasteiger partial charge in [-0.3, -0.25) is 0 Å². The van der Waals surface area contributed by atoms with Gasteiger partial charge in [-0.1, -0.05) is 0 Å². The Bertz CT molecular complexity index is 255. The molecule has 0 aliphatic heterocycles. The van der Waals surface area contributed by atoms with Crippen molar-refractivity contribution in [3.63, 3.8) is 0 Å². The number of halogens is 3. The van der Waals surface area contributed by atoms with Crippen molar-refractivity contribution in [3.8, 4) is 0 Å². The topological polar surface area (TPSA) is 75.6 Å². The molecule has 0 heterocycles. The Kier molecular flexibility index (Phi) is 17.0. The van der Waals surface area contributed by atoms with Gasteiger partial charge in [0.2, 0.25) is 0 Å². The van der Waals surface area contributed by atoms with Crippen molar-refractivity contribution in [2.75, 3.05) is 85.9 Å². The second-order valence-corrected chi connectivity index (χ2v) is 4.45. The van der Waals surface area contributed by atoms with Gasteiger partial charge >= 0.3 is 6.18 Å². The lowest BCUT2D eigenvalue weighted by Crippen LogP contribution is -2.19. The van der Waals surface area contributed by atoms with Gasteiger partial charge in [-0.05, 0) is 0 Å². The van der Waals surface area contributed by atoms with E-state index in [1.165, 1.54) is 0 Å². The van der Waals surface area contributed by atoms with Crippen molar-refractivity contribution in [1.82, 2.24) is 0 Å². The summed E-state index contributed by atoms with van der Waals surface area (Å²) in [7, 11) is 0. The highest BCUT2D eigenvalue weighted by molar-refractivity contribution is 4.45. The number of rotatable bonds is 18. The van der Waals surface area contributed by atoms with Crippen LogP contribution in [0.25, 0.3) is 0 Å². The zero-order valence-corrected chi connectivity index (χ0v) is 13.7. The second kappa shape index (κ2) is 17.3. The first kappa shape index (κ1) is 23.5. The molecular weight excluding hydrogens is 337 g/mol. The summed E-state index contributed by atoms with van der Waals surface area (Å²) >= 11 is 0. The number of aliphatic hydroxyl groups is 1. The first-order valence-electron chi connectivity index (χ1n) is 7.70. The van der Waals surface area contributed by atoms with Crippen LogP contribution in [0.5, 0.6) is 0 Å². The molecule has 0 radical (unpaired) electrons. The molecule has 0 fully saturated rings.